The van der Waals surface area contributed by atoms with Gasteiger partial charge in [0.15, 0.2) is 11.5 Å². The van der Waals surface area contributed by atoms with Crippen LogP contribution in [0.3, 0.4) is 0 Å². The molecule has 108 valence electrons. The maximum Gasteiger partial charge on any atom is 0.355 e. The highest BCUT2D eigenvalue weighted by molar-refractivity contribution is 6.14. The number of rotatable bonds is 4. The van der Waals surface area contributed by atoms with Gasteiger partial charge in [-0.2, -0.15) is 0 Å². The molecule has 5 heteroatoms. The average molecular weight is 284 g/mol. The van der Waals surface area contributed by atoms with Crippen LogP contribution in [-0.2, 0) is 6.42 Å². The normalized spacial score (nSPS) is 10.4. The van der Waals surface area contributed by atoms with E-state index < -0.39 is 5.97 Å². The van der Waals surface area contributed by atoms with Crippen molar-refractivity contribution in [2.24, 2.45) is 0 Å². The molecule has 0 atom stereocenters. The summed E-state index contributed by atoms with van der Waals surface area (Å²) >= 11 is 0. The Morgan fingerprint density at radius 1 is 1.19 bits per heavy atom. The van der Waals surface area contributed by atoms with Gasteiger partial charge >= 0.3 is 5.97 Å². The maximum absolute atomic E-state index is 12.6. The zero-order valence-corrected chi connectivity index (χ0v) is 12.2. The van der Waals surface area contributed by atoms with Crippen molar-refractivity contribution in [2.45, 2.75) is 27.2 Å². The number of carbonyl (C=O) groups is 2. The maximum atomic E-state index is 12.6. The predicted octanol–water partition coefficient (Wildman–Crippen LogP) is 2.59. The van der Waals surface area contributed by atoms with Crippen LogP contribution in [-0.4, -0.2) is 26.8 Å². The van der Waals surface area contributed by atoms with Crippen molar-refractivity contribution in [1.29, 1.82) is 0 Å². The summed E-state index contributed by atoms with van der Waals surface area (Å²) < 4.78 is 0. The van der Waals surface area contributed by atoms with Crippen molar-refractivity contribution in [3.8, 4) is 0 Å². The molecule has 1 aromatic carbocycles. The molecule has 21 heavy (non-hydrogen) atoms. The van der Waals surface area contributed by atoms with E-state index in [0.29, 0.717) is 17.8 Å². The van der Waals surface area contributed by atoms with E-state index >= 15 is 0 Å². The number of aryl methyl sites for hydroxylation is 3. The fourth-order valence-corrected chi connectivity index (χ4v) is 2.13. The van der Waals surface area contributed by atoms with Crippen LogP contribution >= 0.6 is 0 Å². The quantitative estimate of drug-likeness (QED) is 0.873. The van der Waals surface area contributed by atoms with Crippen molar-refractivity contribution in [2.75, 3.05) is 0 Å². The number of aromatic nitrogens is 2. The number of aromatic carboxylic acids is 1. The second-order valence-corrected chi connectivity index (χ2v) is 4.85. The lowest BCUT2D eigenvalue weighted by atomic mass is 9.97. The Labute approximate surface area is 122 Å². The Bertz CT molecular complexity index is 723. The van der Waals surface area contributed by atoms with E-state index in [9.17, 15) is 14.7 Å². The molecule has 0 saturated heterocycles. The highest BCUT2D eigenvalue weighted by Crippen LogP contribution is 2.17. The van der Waals surface area contributed by atoms with E-state index in [2.05, 4.69) is 9.97 Å². The Kier molecular flexibility index (Phi) is 4.12. The summed E-state index contributed by atoms with van der Waals surface area (Å²) in [5, 5.41) is 9.25. The van der Waals surface area contributed by atoms with Crippen LogP contribution in [0.5, 0.6) is 0 Å². The molecular weight excluding hydrogens is 268 g/mol. The number of hydrogen-bond donors (Lipinski definition) is 1. The molecule has 0 radical (unpaired) electrons. The van der Waals surface area contributed by atoms with E-state index in [1.165, 1.54) is 6.20 Å². The highest BCUT2D eigenvalue weighted by Gasteiger charge is 2.21. The van der Waals surface area contributed by atoms with E-state index in [1.54, 1.807) is 6.07 Å². The summed E-state index contributed by atoms with van der Waals surface area (Å²) in [6.07, 6.45) is 1.81. The molecule has 0 unspecified atom stereocenters. The van der Waals surface area contributed by atoms with Gasteiger partial charge in [-0.05, 0) is 19.4 Å². The lowest BCUT2D eigenvalue weighted by molar-refractivity contribution is 0.0685. The number of carboxylic acids is 1. The second-order valence-electron chi connectivity index (χ2n) is 4.85. The summed E-state index contributed by atoms with van der Waals surface area (Å²) in [6.45, 7) is 5.58. The molecule has 0 aliphatic carbocycles. The second kappa shape index (κ2) is 5.83. The summed E-state index contributed by atoms with van der Waals surface area (Å²) in [7, 11) is 0. The SMILES string of the molecule is CCc1ncc(C(=O)c2ccc(C)cc2C)c(C(=O)O)n1. The highest BCUT2D eigenvalue weighted by atomic mass is 16.4. The van der Waals surface area contributed by atoms with E-state index in [4.69, 9.17) is 0 Å². The Hall–Kier alpha value is -2.56. The monoisotopic (exact) mass is 284 g/mol. The minimum Gasteiger partial charge on any atom is -0.476 e. The van der Waals surface area contributed by atoms with Gasteiger partial charge in [0.05, 0.1) is 5.56 Å². The van der Waals surface area contributed by atoms with Crippen LogP contribution in [0.1, 0.15) is 50.3 Å². The number of ketones is 1. The molecule has 0 spiro atoms. The lowest BCUT2D eigenvalue weighted by Crippen LogP contribution is -2.15. The topological polar surface area (TPSA) is 80.2 Å². The van der Waals surface area contributed by atoms with Gasteiger partial charge in [0.1, 0.15) is 5.82 Å². The molecule has 0 amide bonds. The first-order valence-electron chi connectivity index (χ1n) is 6.65. The molecule has 1 N–H and O–H groups in total. The zero-order valence-electron chi connectivity index (χ0n) is 12.2. The fourth-order valence-electron chi connectivity index (χ4n) is 2.13. The molecule has 0 fully saturated rings. The van der Waals surface area contributed by atoms with E-state index in [0.717, 1.165) is 11.1 Å². The molecular formula is C16H16N2O3. The Balaban J connectivity index is 2.55. The molecule has 2 rings (SSSR count). The van der Waals surface area contributed by atoms with Crippen LogP contribution in [0.2, 0.25) is 0 Å². The largest absolute Gasteiger partial charge is 0.476 e. The van der Waals surface area contributed by atoms with Gasteiger partial charge in [0.25, 0.3) is 0 Å². The predicted molar refractivity (Wildman–Crippen MR) is 77.7 cm³/mol. The summed E-state index contributed by atoms with van der Waals surface area (Å²) in [4.78, 5) is 31.9. The Morgan fingerprint density at radius 2 is 1.90 bits per heavy atom. The van der Waals surface area contributed by atoms with Crippen molar-refractivity contribution in [1.82, 2.24) is 9.97 Å². The first-order chi connectivity index (χ1) is 9.93. The summed E-state index contributed by atoms with van der Waals surface area (Å²) in [5.41, 5.74) is 2.09. The molecule has 0 aliphatic rings. The van der Waals surface area contributed by atoms with Gasteiger partial charge in [0, 0.05) is 18.2 Å². The van der Waals surface area contributed by atoms with Crippen LogP contribution in [0.4, 0.5) is 0 Å². The standard InChI is InChI=1S/C16H16N2O3/c1-4-13-17-8-12(14(18-13)16(20)21)15(19)11-6-5-9(2)7-10(11)3/h5-8H,4H2,1-3H3,(H,20,21). The molecule has 1 heterocycles. The number of benzene rings is 1. The fraction of sp³-hybridized carbons (Fsp3) is 0.250. The summed E-state index contributed by atoms with van der Waals surface area (Å²) in [5.74, 6) is -1.18. The molecule has 2 aromatic rings. The first kappa shape index (κ1) is 14.8. The van der Waals surface area contributed by atoms with Crippen LogP contribution in [0, 0.1) is 13.8 Å². The van der Waals surface area contributed by atoms with Crippen molar-refractivity contribution < 1.29 is 14.7 Å². The number of carboxylic acid groups (broad SMARTS) is 1. The first-order valence-corrected chi connectivity index (χ1v) is 6.65. The van der Waals surface area contributed by atoms with Gasteiger partial charge in [-0.15, -0.1) is 0 Å². The van der Waals surface area contributed by atoms with Gasteiger partial charge in [-0.3, -0.25) is 4.79 Å². The van der Waals surface area contributed by atoms with Crippen LogP contribution in [0.15, 0.2) is 24.4 Å². The molecule has 0 bridgehead atoms. The number of hydrogen-bond acceptors (Lipinski definition) is 4. The Morgan fingerprint density at radius 3 is 2.48 bits per heavy atom. The summed E-state index contributed by atoms with van der Waals surface area (Å²) in [6, 6.07) is 5.41. The third-order valence-electron chi connectivity index (χ3n) is 3.23. The minimum atomic E-state index is -1.22. The van der Waals surface area contributed by atoms with Crippen molar-refractivity contribution in [3.63, 3.8) is 0 Å². The van der Waals surface area contributed by atoms with Gasteiger partial charge < -0.3 is 5.11 Å². The van der Waals surface area contributed by atoms with Crippen LogP contribution < -0.4 is 0 Å². The molecule has 0 saturated carbocycles. The molecule has 1 aromatic heterocycles. The minimum absolute atomic E-state index is 0.0200. The van der Waals surface area contributed by atoms with Gasteiger partial charge in [-0.1, -0.05) is 30.7 Å². The lowest BCUT2D eigenvalue weighted by Gasteiger charge is -2.08. The smallest absolute Gasteiger partial charge is 0.355 e. The van der Waals surface area contributed by atoms with Crippen molar-refractivity contribution >= 4 is 11.8 Å². The third kappa shape index (κ3) is 2.97. The van der Waals surface area contributed by atoms with Crippen LogP contribution in [0.25, 0.3) is 0 Å². The average Bonchev–Trinajstić information content (AvgIpc) is 2.46. The number of carbonyl (C=O) groups excluding carboxylic acids is 1. The molecule has 5 nitrogen and oxygen atoms in total. The zero-order chi connectivity index (χ0) is 15.6. The molecule has 0 aliphatic heterocycles. The van der Waals surface area contributed by atoms with Crippen molar-refractivity contribution in [3.05, 3.63) is 58.2 Å². The van der Waals surface area contributed by atoms with Gasteiger partial charge in [0.2, 0.25) is 0 Å². The van der Waals surface area contributed by atoms with Gasteiger partial charge in [-0.25, -0.2) is 14.8 Å². The number of nitrogens with zero attached hydrogens (tertiary/aromatic N) is 2. The van der Waals surface area contributed by atoms with E-state index in [-0.39, 0.29) is 17.0 Å². The third-order valence-corrected chi connectivity index (χ3v) is 3.23. The van der Waals surface area contributed by atoms with E-state index in [1.807, 2.05) is 32.9 Å².